The zero-order chi connectivity index (χ0) is 19.5. The molecule has 0 bridgehead atoms. The molecular formula is C19H16ClN5OS2. The van der Waals surface area contributed by atoms with E-state index in [1.165, 1.54) is 23.1 Å². The summed E-state index contributed by atoms with van der Waals surface area (Å²) < 4.78 is 3.00. The lowest BCUT2D eigenvalue weighted by molar-refractivity contribution is -0.113. The Morgan fingerprint density at radius 1 is 1.18 bits per heavy atom. The number of thioether (sulfide) groups is 1. The van der Waals surface area contributed by atoms with Crippen molar-refractivity contribution in [2.24, 2.45) is 0 Å². The van der Waals surface area contributed by atoms with Crippen LogP contribution in [-0.2, 0) is 11.3 Å². The number of hydrogen-bond donors (Lipinski definition) is 1. The Morgan fingerprint density at radius 3 is 2.75 bits per heavy atom. The monoisotopic (exact) mass is 429 g/mol. The number of halogens is 1. The highest BCUT2D eigenvalue weighted by Crippen LogP contribution is 2.29. The lowest BCUT2D eigenvalue weighted by atomic mass is 10.2. The fraction of sp³-hybridized carbons (Fsp3) is 0.158. The van der Waals surface area contributed by atoms with Gasteiger partial charge in [0.2, 0.25) is 5.91 Å². The van der Waals surface area contributed by atoms with Crippen molar-refractivity contribution in [3.05, 3.63) is 53.6 Å². The molecule has 2 aromatic carbocycles. The highest BCUT2D eigenvalue weighted by molar-refractivity contribution is 7.99. The third-order valence-electron chi connectivity index (χ3n) is 4.02. The van der Waals surface area contributed by atoms with E-state index < -0.39 is 0 Å². The molecule has 142 valence electrons. The van der Waals surface area contributed by atoms with Gasteiger partial charge in [-0.3, -0.25) is 4.79 Å². The molecule has 1 N–H and O–H groups in total. The first kappa shape index (κ1) is 18.9. The Morgan fingerprint density at radius 2 is 1.96 bits per heavy atom. The summed E-state index contributed by atoms with van der Waals surface area (Å²) >= 11 is 9.09. The Balaban J connectivity index is 1.46. The normalized spacial score (nSPS) is 11.1. The zero-order valence-electron chi connectivity index (χ0n) is 14.9. The molecule has 0 fully saturated rings. The Bertz CT molecular complexity index is 1110. The molecule has 4 rings (SSSR count). The molecule has 1 amide bonds. The summed E-state index contributed by atoms with van der Waals surface area (Å²) in [5.41, 5.74) is 1.70. The second-order valence-electron chi connectivity index (χ2n) is 5.85. The molecule has 0 saturated heterocycles. The smallest absolute Gasteiger partial charge is 0.236 e. The van der Waals surface area contributed by atoms with Gasteiger partial charge in [0.25, 0.3) is 0 Å². The number of thiazole rings is 1. The van der Waals surface area contributed by atoms with Crippen molar-refractivity contribution < 1.29 is 4.79 Å². The van der Waals surface area contributed by atoms with Gasteiger partial charge in [-0.25, -0.2) is 4.98 Å². The minimum Gasteiger partial charge on any atom is -0.302 e. The number of anilines is 1. The molecule has 0 aliphatic carbocycles. The highest BCUT2D eigenvalue weighted by atomic mass is 35.5. The van der Waals surface area contributed by atoms with Gasteiger partial charge in [0.15, 0.2) is 16.1 Å². The standard InChI is InChI=1S/C19H16ClN5OS2/c1-2-25-17(12-7-3-4-8-13(12)20)23-24-19(25)27-11-16(26)22-18-21-14-9-5-6-10-15(14)28-18/h3-10H,2,11H2,1H3,(H,21,22,26). The summed E-state index contributed by atoms with van der Waals surface area (Å²) in [5.74, 6) is 0.785. The van der Waals surface area contributed by atoms with E-state index in [4.69, 9.17) is 11.6 Å². The number of carbonyl (C=O) groups excluding carboxylic acids is 1. The number of rotatable bonds is 6. The van der Waals surface area contributed by atoms with Gasteiger partial charge in [0, 0.05) is 12.1 Å². The van der Waals surface area contributed by atoms with E-state index >= 15 is 0 Å². The summed E-state index contributed by atoms with van der Waals surface area (Å²) in [5, 5.41) is 13.3. The average Bonchev–Trinajstić information content (AvgIpc) is 3.29. The molecule has 4 aromatic rings. The van der Waals surface area contributed by atoms with E-state index in [-0.39, 0.29) is 11.7 Å². The van der Waals surface area contributed by atoms with Crippen LogP contribution in [0.15, 0.2) is 53.7 Å². The maximum atomic E-state index is 12.3. The molecule has 2 heterocycles. The van der Waals surface area contributed by atoms with E-state index in [1.54, 1.807) is 0 Å². The zero-order valence-corrected chi connectivity index (χ0v) is 17.3. The molecule has 0 atom stereocenters. The van der Waals surface area contributed by atoms with E-state index in [0.29, 0.717) is 27.7 Å². The maximum absolute atomic E-state index is 12.3. The lowest BCUT2D eigenvalue weighted by Crippen LogP contribution is -2.14. The van der Waals surface area contributed by atoms with E-state index in [2.05, 4.69) is 20.5 Å². The second-order valence-corrected chi connectivity index (χ2v) is 8.23. The first-order valence-corrected chi connectivity index (χ1v) is 10.8. The van der Waals surface area contributed by atoms with Gasteiger partial charge < -0.3 is 9.88 Å². The largest absolute Gasteiger partial charge is 0.302 e. The van der Waals surface area contributed by atoms with Crippen LogP contribution in [0.4, 0.5) is 5.13 Å². The molecule has 0 radical (unpaired) electrons. The molecule has 28 heavy (non-hydrogen) atoms. The Kier molecular flexibility index (Phi) is 5.61. The molecular weight excluding hydrogens is 414 g/mol. The number of para-hydroxylation sites is 1. The topological polar surface area (TPSA) is 72.7 Å². The molecule has 0 saturated carbocycles. The van der Waals surface area contributed by atoms with Gasteiger partial charge in [0.1, 0.15) is 0 Å². The predicted molar refractivity (Wildman–Crippen MR) is 115 cm³/mol. The van der Waals surface area contributed by atoms with Crippen LogP contribution in [0.5, 0.6) is 0 Å². The lowest BCUT2D eigenvalue weighted by Gasteiger charge is -2.08. The predicted octanol–water partition coefficient (Wildman–Crippen LogP) is 4.96. The minimum absolute atomic E-state index is 0.131. The molecule has 0 aliphatic rings. The van der Waals surface area contributed by atoms with Crippen molar-refractivity contribution >= 4 is 56.0 Å². The number of fused-ring (bicyclic) bond motifs is 1. The summed E-state index contributed by atoms with van der Waals surface area (Å²) in [6.45, 7) is 2.68. The number of nitrogens with one attached hydrogen (secondary N) is 1. The average molecular weight is 430 g/mol. The Labute approximate surface area is 175 Å². The van der Waals surface area contributed by atoms with Gasteiger partial charge >= 0.3 is 0 Å². The van der Waals surface area contributed by atoms with Crippen molar-refractivity contribution in [3.63, 3.8) is 0 Å². The van der Waals surface area contributed by atoms with Crippen LogP contribution in [0.3, 0.4) is 0 Å². The van der Waals surface area contributed by atoms with Gasteiger partial charge in [0.05, 0.1) is 21.0 Å². The molecule has 6 nitrogen and oxygen atoms in total. The third kappa shape index (κ3) is 3.89. The van der Waals surface area contributed by atoms with Gasteiger partial charge in [-0.1, -0.05) is 59.0 Å². The molecule has 0 spiro atoms. The number of amides is 1. The minimum atomic E-state index is -0.131. The van der Waals surface area contributed by atoms with Gasteiger partial charge in [-0.2, -0.15) is 0 Å². The van der Waals surface area contributed by atoms with Crippen molar-refractivity contribution in [1.29, 1.82) is 0 Å². The fourth-order valence-electron chi connectivity index (χ4n) is 2.73. The van der Waals surface area contributed by atoms with Crippen LogP contribution in [0, 0.1) is 0 Å². The van der Waals surface area contributed by atoms with Crippen molar-refractivity contribution in [2.45, 2.75) is 18.6 Å². The van der Waals surface area contributed by atoms with Crippen LogP contribution < -0.4 is 5.32 Å². The van der Waals surface area contributed by atoms with Crippen molar-refractivity contribution in [3.8, 4) is 11.4 Å². The van der Waals surface area contributed by atoms with Crippen LogP contribution in [0.2, 0.25) is 5.02 Å². The summed E-state index contributed by atoms with van der Waals surface area (Å²) in [4.78, 5) is 16.8. The van der Waals surface area contributed by atoms with E-state index in [0.717, 1.165) is 15.8 Å². The Hall–Kier alpha value is -2.42. The highest BCUT2D eigenvalue weighted by Gasteiger charge is 2.17. The summed E-state index contributed by atoms with van der Waals surface area (Å²) in [7, 11) is 0. The number of nitrogens with zero attached hydrogens (tertiary/aromatic N) is 4. The SMILES string of the molecule is CCn1c(SCC(=O)Nc2nc3ccccc3s2)nnc1-c1ccccc1Cl. The van der Waals surface area contributed by atoms with E-state index in [1.807, 2.05) is 60.0 Å². The molecule has 0 aliphatic heterocycles. The number of carbonyl (C=O) groups is 1. The van der Waals surface area contributed by atoms with Gasteiger partial charge in [-0.05, 0) is 31.2 Å². The van der Waals surface area contributed by atoms with Crippen LogP contribution in [0.1, 0.15) is 6.92 Å². The number of benzene rings is 2. The van der Waals surface area contributed by atoms with Crippen LogP contribution >= 0.6 is 34.7 Å². The molecule has 2 aromatic heterocycles. The number of aromatic nitrogens is 4. The van der Waals surface area contributed by atoms with E-state index in [9.17, 15) is 4.79 Å². The maximum Gasteiger partial charge on any atom is 0.236 e. The summed E-state index contributed by atoms with van der Waals surface area (Å²) in [6.07, 6.45) is 0. The number of hydrogen-bond acceptors (Lipinski definition) is 6. The fourth-order valence-corrected chi connectivity index (χ4v) is 4.64. The first-order chi connectivity index (χ1) is 13.7. The second kappa shape index (κ2) is 8.30. The summed E-state index contributed by atoms with van der Waals surface area (Å²) in [6, 6.07) is 15.3. The molecule has 9 heteroatoms. The van der Waals surface area contributed by atoms with Gasteiger partial charge in [-0.15, -0.1) is 10.2 Å². The quantitative estimate of drug-likeness (QED) is 0.438. The van der Waals surface area contributed by atoms with Crippen LogP contribution in [0.25, 0.3) is 21.6 Å². The van der Waals surface area contributed by atoms with Crippen molar-refractivity contribution in [2.75, 3.05) is 11.1 Å². The van der Waals surface area contributed by atoms with Crippen molar-refractivity contribution in [1.82, 2.24) is 19.7 Å². The first-order valence-electron chi connectivity index (χ1n) is 8.62. The third-order valence-corrected chi connectivity index (χ3v) is 6.27. The molecule has 0 unspecified atom stereocenters. The van der Waals surface area contributed by atoms with Crippen LogP contribution in [-0.4, -0.2) is 31.4 Å².